The summed E-state index contributed by atoms with van der Waals surface area (Å²) in [5.41, 5.74) is 1.39. The van der Waals surface area contributed by atoms with E-state index in [1.165, 1.54) is 4.68 Å². The summed E-state index contributed by atoms with van der Waals surface area (Å²) < 4.78 is 3.16. The van der Waals surface area contributed by atoms with Crippen LogP contribution < -0.4 is 5.56 Å². The summed E-state index contributed by atoms with van der Waals surface area (Å²) in [7, 11) is 1.74. The highest BCUT2D eigenvalue weighted by Crippen LogP contribution is 2.28. The molecule has 1 atom stereocenters. The van der Waals surface area contributed by atoms with Gasteiger partial charge in [-0.3, -0.25) is 14.3 Å². The molecule has 0 radical (unpaired) electrons. The number of carboxylic acid groups (broad SMARTS) is 1. The van der Waals surface area contributed by atoms with Crippen LogP contribution in [0.5, 0.6) is 0 Å². The van der Waals surface area contributed by atoms with Gasteiger partial charge in [-0.25, -0.2) is 4.68 Å². The first-order valence-electron chi connectivity index (χ1n) is 6.54. The quantitative estimate of drug-likeness (QED) is 0.909. The van der Waals surface area contributed by atoms with Crippen molar-refractivity contribution in [1.82, 2.24) is 9.36 Å². The fourth-order valence-corrected chi connectivity index (χ4v) is 3.05. The first-order chi connectivity index (χ1) is 10.5. The Morgan fingerprint density at radius 3 is 2.59 bits per heavy atom. The summed E-state index contributed by atoms with van der Waals surface area (Å²) in [6.07, 6.45) is 0. The minimum atomic E-state index is -1.01. The van der Waals surface area contributed by atoms with Crippen molar-refractivity contribution >= 4 is 17.7 Å². The highest BCUT2D eigenvalue weighted by Gasteiger charge is 2.24. The molecule has 0 aliphatic heterocycles. The predicted octanol–water partition coefficient (Wildman–Crippen LogP) is 1.87. The molecule has 114 valence electrons. The Hall–Kier alpha value is -2.46. The molecule has 0 aliphatic carbocycles. The molecule has 2 aromatic rings. The number of hydrogen-bond acceptors (Lipinski definition) is 4. The molecule has 1 aromatic carbocycles. The minimum Gasteiger partial charge on any atom is -0.481 e. The Balaban J connectivity index is 2.53. The lowest BCUT2D eigenvalue weighted by Gasteiger charge is -2.07. The molecule has 0 spiro atoms. The third-order valence-electron chi connectivity index (χ3n) is 3.35. The van der Waals surface area contributed by atoms with E-state index in [2.05, 4.69) is 0 Å². The maximum Gasteiger partial charge on any atom is 0.313 e. The lowest BCUT2D eigenvalue weighted by Crippen LogP contribution is -2.21. The zero-order chi connectivity index (χ0) is 16.3. The molecule has 1 aromatic heterocycles. The van der Waals surface area contributed by atoms with Gasteiger partial charge in [0.05, 0.1) is 23.1 Å². The van der Waals surface area contributed by atoms with Crippen LogP contribution >= 0.6 is 11.8 Å². The third kappa shape index (κ3) is 2.92. The van der Waals surface area contributed by atoms with Crippen LogP contribution in [0.1, 0.15) is 16.5 Å². The van der Waals surface area contributed by atoms with Gasteiger partial charge in [-0.15, -0.1) is 11.8 Å². The second-order valence-electron chi connectivity index (χ2n) is 4.69. The van der Waals surface area contributed by atoms with Crippen molar-refractivity contribution in [3.05, 3.63) is 51.9 Å². The Bertz CT molecular complexity index is 787. The van der Waals surface area contributed by atoms with E-state index in [9.17, 15) is 14.9 Å². The molecule has 0 amide bonds. The summed E-state index contributed by atoms with van der Waals surface area (Å²) in [5.74, 6) is -1.24. The number of carbonyl (C=O) groups is 1. The van der Waals surface area contributed by atoms with E-state index >= 15 is 0 Å². The van der Waals surface area contributed by atoms with E-state index in [1.54, 1.807) is 30.8 Å². The fourth-order valence-electron chi connectivity index (χ4n) is 2.23. The van der Waals surface area contributed by atoms with Gasteiger partial charge in [0.1, 0.15) is 5.25 Å². The smallest absolute Gasteiger partial charge is 0.313 e. The minimum absolute atomic E-state index is 0.225. The van der Waals surface area contributed by atoms with Crippen LogP contribution in [0, 0.1) is 18.3 Å². The van der Waals surface area contributed by atoms with E-state index < -0.39 is 11.2 Å². The summed E-state index contributed by atoms with van der Waals surface area (Å²) >= 11 is 0.941. The Kier molecular flexibility index (Phi) is 4.73. The number of benzene rings is 1. The number of carboxylic acids is 1. The highest BCUT2D eigenvalue weighted by atomic mass is 32.2. The molecule has 2 rings (SSSR count). The van der Waals surface area contributed by atoms with Crippen LogP contribution in [0.4, 0.5) is 0 Å². The van der Waals surface area contributed by atoms with Gasteiger partial charge in [0, 0.05) is 12.7 Å². The first-order valence-corrected chi connectivity index (χ1v) is 7.59. The number of aliphatic carboxylic acids is 1. The molecule has 0 aliphatic rings. The maximum atomic E-state index is 12.7. The van der Waals surface area contributed by atoms with Crippen LogP contribution in [0.2, 0.25) is 0 Å². The molecule has 6 nitrogen and oxygen atoms in total. The maximum absolute atomic E-state index is 12.7. The normalized spacial score (nSPS) is 11.9. The van der Waals surface area contributed by atoms with Gasteiger partial charge in [0.15, 0.2) is 0 Å². The second kappa shape index (κ2) is 6.54. The van der Waals surface area contributed by atoms with Crippen molar-refractivity contribution in [3.8, 4) is 11.8 Å². The molecule has 0 saturated heterocycles. The van der Waals surface area contributed by atoms with Crippen LogP contribution in [-0.2, 0) is 11.8 Å². The molecular formula is C15H15N3O3S. The molecular weight excluding hydrogens is 302 g/mol. The fraction of sp³-hybridized carbons (Fsp3) is 0.267. The molecule has 1 N–H and O–H groups in total. The average Bonchev–Trinajstić information content (AvgIpc) is 2.72. The van der Waals surface area contributed by atoms with E-state index in [4.69, 9.17) is 5.11 Å². The topological polar surface area (TPSA) is 88.0 Å². The predicted molar refractivity (Wildman–Crippen MR) is 84.2 cm³/mol. The Morgan fingerprint density at radius 1 is 1.41 bits per heavy atom. The number of thioether (sulfide) groups is 1. The van der Waals surface area contributed by atoms with Crippen molar-refractivity contribution in [2.45, 2.75) is 12.2 Å². The number of aromatic nitrogens is 2. The molecule has 22 heavy (non-hydrogen) atoms. The number of hydrogen-bond donors (Lipinski definition) is 1. The van der Waals surface area contributed by atoms with E-state index in [1.807, 2.05) is 24.3 Å². The van der Waals surface area contributed by atoms with Gasteiger partial charge in [0.2, 0.25) is 0 Å². The lowest BCUT2D eigenvalue weighted by atomic mass is 10.2. The van der Waals surface area contributed by atoms with Gasteiger partial charge in [-0.2, -0.15) is 5.26 Å². The van der Waals surface area contributed by atoms with Gasteiger partial charge in [0.25, 0.3) is 5.56 Å². The van der Waals surface area contributed by atoms with Gasteiger partial charge < -0.3 is 5.11 Å². The largest absolute Gasteiger partial charge is 0.481 e. The number of rotatable bonds is 5. The average molecular weight is 317 g/mol. The molecule has 1 unspecified atom stereocenters. The van der Waals surface area contributed by atoms with Gasteiger partial charge in [-0.1, -0.05) is 18.2 Å². The van der Waals surface area contributed by atoms with Crippen molar-refractivity contribution in [3.63, 3.8) is 0 Å². The monoisotopic (exact) mass is 317 g/mol. The molecule has 0 saturated carbocycles. The van der Waals surface area contributed by atoms with E-state index in [0.717, 1.165) is 11.8 Å². The van der Waals surface area contributed by atoms with Crippen LogP contribution in [0.3, 0.4) is 0 Å². The molecule has 0 fully saturated rings. The lowest BCUT2D eigenvalue weighted by molar-refractivity contribution is -0.133. The summed E-state index contributed by atoms with van der Waals surface area (Å²) in [6.45, 7) is 1.75. The Labute approximate surface area is 131 Å². The molecule has 0 bridgehead atoms. The Morgan fingerprint density at radius 2 is 2.05 bits per heavy atom. The number of nitriles is 1. The van der Waals surface area contributed by atoms with Gasteiger partial charge in [-0.05, 0) is 19.1 Å². The van der Waals surface area contributed by atoms with Gasteiger partial charge >= 0.3 is 5.97 Å². The summed E-state index contributed by atoms with van der Waals surface area (Å²) in [6, 6.07) is 11.1. The summed E-state index contributed by atoms with van der Waals surface area (Å²) in [4.78, 5) is 23.4. The van der Waals surface area contributed by atoms with E-state index in [-0.39, 0.29) is 11.3 Å². The van der Waals surface area contributed by atoms with Crippen molar-refractivity contribution in [1.29, 1.82) is 5.26 Å². The molecule has 1 heterocycles. The van der Waals surface area contributed by atoms with Crippen molar-refractivity contribution in [2.75, 3.05) is 5.75 Å². The SMILES string of the molecule is Cc1c(C(C#N)SCC(=O)O)c(=O)n(-c2ccccc2)n1C. The first kappa shape index (κ1) is 15.9. The van der Waals surface area contributed by atoms with Crippen LogP contribution in [0.25, 0.3) is 5.69 Å². The third-order valence-corrected chi connectivity index (χ3v) is 4.44. The van der Waals surface area contributed by atoms with Crippen molar-refractivity contribution in [2.24, 2.45) is 7.05 Å². The highest BCUT2D eigenvalue weighted by molar-refractivity contribution is 8.00. The van der Waals surface area contributed by atoms with E-state index in [0.29, 0.717) is 16.9 Å². The molecule has 7 heteroatoms. The number of nitrogens with zero attached hydrogens (tertiary/aromatic N) is 3. The van der Waals surface area contributed by atoms with Crippen LogP contribution in [-0.4, -0.2) is 26.2 Å². The zero-order valence-electron chi connectivity index (χ0n) is 12.2. The van der Waals surface area contributed by atoms with Crippen molar-refractivity contribution < 1.29 is 9.90 Å². The van der Waals surface area contributed by atoms with Crippen LogP contribution in [0.15, 0.2) is 35.1 Å². The standard InChI is InChI=1S/C15H15N3O3S/c1-10-14(12(8-16)22-9-13(19)20)15(21)18(17(10)2)11-6-4-3-5-7-11/h3-7,12H,9H2,1-2H3,(H,19,20). The second-order valence-corrected chi connectivity index (χ2v) is 5.78. The number of para-hydroxylation sites is 1. The summed E-state index contributed by atoms with van der Waals surface area (Å²) in [5, 5.41) is 17.2. The zero-order valence-corrected chi connectivity index (χ0v) is 13.0.